The molecule has 1 saturated heterocycles. The molecule has 0 spiro atoms. The van der Waals surface area contributed by atoms with Crippen LogP contribution in [0.2, 0.25) is 0 Å². The number of amides is 1. The molecule has 1 amide bonds. The van der Waals surface area contributed by atoms with Gasteiger partial charge in [0.25, 0.3) is 0 Å². The van der Waals surface area contributed by atoms with Gasteiger partial charge >= 0.3 is 5.97 Å². The van der Waals surface area contributed by atoms with Crippen LogP contribution in [0.25, 0.3) is 0 Å². The highest BCUT2D eigenvalue weighted by atomic mass is 16.5. The SMILES string of the molecule is CCOC(=O)CN(CC1CCCCC1)[C@H]1CCCN(C(C)=O)C1. The van der Waals surface area contributed by atoms with E-state index in [0.717, 1.165) is 32.5 Å². The molecule has 0 aromatic heterocycles. The molecule has 132 valence electrons. The van der Waals surface area contributed by atoms with E-state index in [9.17, 15) is 9.59 Å². The van der Waals surface area contributed by atoms with Gasteiger partial charge in [0, 0.05) is 32.6 Å². The zero-order chi connectivity index (χ0) is 16.7. The quantitative estimate of drug-likeness (QED) is 0.704. The molecule has 2 aliphatic rings. The average Bonchev–Trinajstić information content (AvgIpc) is 2.55. The number of esters is 1. The van der Waals surface area contributed by atoms with Crippen LogP contribution < -0.4 is 0 Å². The minimum Gasteiger partial charge on any atom is -0.465 e. The molecule has 1 aliphatic carbocycles. The van der Waals surface area contributed by atoms with E-state index >= 15 is 0 Å². The van der Waals surface area contributed by atoms with E-state index in [1.807, 2.05) is 11.8 Å². The van der Waals surface area contributed by atoms with E-state index in [4.69, 9.17) is 4.74 Å². The maximum absolute atomic E-state index is 12.0. The second-order valence-electron chi connectivity index (χ2n) is 7.00. The minimum absolute atomic E-state index is 0.136. The highest BCUT2D eigenvalue weighted by Crippen LogP contribution is 2.26. The molecule has 23 heavy (non-hydrogen) atoms. The van der Waals surface area contributed by atoms with Crippen molar-refractivity contribution >= 4 is 11.9 Å². The summed E-state index contributed by atoms with van der Waals surface area (Å²) in [7, 11) is 0. The van der Waals surface area contributed by atoms with Gasteiger partial charge in [0.2, 0.25) is 5.91 Å². The van der Waals surface area contributed by atoms with Crippen molar-refractivity contribution in [2.45, 2.75) is 64.8 Å². The fraction of sp³-hybridized carbons (Fsp3) is 0.889. The van der Waals surface area contributed by atoms with Gasteiger partial charge in [-0.25, -0.2) is 0 Å². The number of nitrogens with zero attached hydrogens (tertiary/aromatic N) is 2. The van der Waals surface area contributed by atoms with E-state index in [2.05, 4.69) is 4.90 Å². The first kappa shape index (κ1) is 18.2. The van der Waals surface area contributed by atoms with Gasteiger partial charge in [-0.1, -0.05) is 19.3 Å². The minimum atomic E-state index is -0.136. The van der Waals surface area contributed by atoms with Crippen LogP contribution in [0.1, 0.15) is 58.8 Å². The van der Waals surface area contributed by atoms with E-state index < -0.39 is 0 Å². The summed E-state index contributed by atoms with van der Waals surface area (Å²) in [4.78, 5) is 27.9. The van der Waals surface area contributed by atoms with E-state index in [1.165, 1.54) is 32.1 Å². The van der Waals surface area contributed by atoms with Crippen molar-refractivity contribution in [3.8, 4) is 0 Å². The molecule has 2 fully saturated rings. The normalized spacial score (nSPS) is 23.1. The summed E-state index contributed by atoms with van der Waals surface area (Å²) in [5.74, 6) is 0.692. The number of piperidine rings is 1. The second kappa shape index (κ2) is 9.26. The molecular formula is C18H32N2O3. The summed E-state index contributed by atoms with van der Waals surface area (Å²) in [5.41, 5.74) is 0. The van der Waals surface area contributed by atoms with Gasteiger partial charge in [0.1, 0.15) is 0 Å². The highest BCUT2D eigenvalue weighted by molar-refractivity contribution is 5.73. The van der Waals surface area contributed by atoms with Crippen molar-refractivity contribution in [2.75, 3.05) is 32.8 Å². The molecule has 0 radical (unpaired) electrons. The molecule has 0 unspecified atom stereocenters. The van der Waals surface area contributed by atoms with Crippen molar-refractivity contribution in [1.82, 2.24) is 9.80 Å². The van der Waals surface area contributed by atoms with Gasteiger partial charge in [-0.15, -0.1) is 0 Å². The van der Waals surface area contributed by atoms with Crippen LogP contribution >= 0.6 is 0 Å². The molecule has 5 heteroatoms. The lowest BCUT2D eigenvalue weighted by molar-refractivity contribution is -0.145. The third kappa shape index (κ3) is 5.79. The highest BCUT2D eigenvalue weighted by Gasteiger charge is 2.30. The molecule has 0 aromatic carbocycles. The number of carbonyl (C=O) groups is 2. The predicted molar refractivity (Wildman–Crippen MR) is 90.1 cm³/mol. The van der Waals surface area contributed by atoms with Crippen LogP contribution in [0.5, 0.6) is 0 Å². The van der Waals surface area contributed by atoms with Crippen molar-refractivity contribution in [3.05, 3.63) is 0 Å². The first-order valence-corrected chi connectivity index (χ1v) is 9.25. The van der Waals surface area contributed by atoms with Crippen LogP contribution in [0, 0.1) is 5.92 Å². The fourth-order valence-corrected chi connectivity index (χ4v) is 3.96. The topological polar surface area (TPSA) is 49.9 Å². The zero-order valence-electron chi connectivity index (χ0n) is 14.8. The van der Waals surface area contributed by atoms with Gasteiger partial charge < -0.3 is 9.64 Å². The monoisotopic (exact) mass is 324 g/mol. The maximum atomic E-state index is 12.0. The summed E-state index contributed by atoms with van der Waals surface area (Å²) >= 11 is 0. The van der Waals surface area contributed by atoms with E-state index in [0.29, 0.717) is 25.1 Å². The van der Waals surface area contributed by atoms with Crippen molar-refractivity contribution < 1.29 is 14.3 Å². The van der Waals surface area contributed by atoms with Gasteiger partial charge in [-0.05, 0) is 38.5 Å². The number of carbonyl (C=O) groups excluding carboxylic acids is 2. The third-order valence-corrected chi connectivity index (χ3v) is 5.21. The lowest BCUT2D eigenvalue weighted by Crippen LogP contribution is -2.52. The van der Waals surface area contributed by atoms with Gasteiger partial charge in [-0.2, -0.15) is 0 Å². The second-order valence-corrected chi connectivity index (χ2v) is 7.00. The van der Waals surface area contributed by atoms with Crippen molar-refractivity contribution in [2.24, 2.45) is 5.92 Å². The van der Waals surface area contributed by atoms with Crippen molar-refractivity contribution in [1.29, 1.82) is 0 Å². The maximum Gasteiger partial charge on any atom is 0.320 e. The Morgan fingerprint density at radius 1 is 1.13 bits per heavy atom. The number of likely N-dealkylation sites (tertiary alicyclic amines) is 1. The summed E-state index contributed by atoms with van der Waals surface area (Å²) < 4.78 is 5.17. The van der Waals surface area contributed by atoms with E-state index in [-0.39, 0.29) is 11.9 Å². The van der Waals surface area contributed by atoms with Gasteiger partial charge in [0.05, 0.1) is 13.2 Å². The number of hydrogen-bond acceptors (Lipinski definition) is 4. The molecule has 5 nitrogen and oxygen atoms in total. The first-order valence-electron chi connectivity index (χ1n) is 9.25. The van der Waals surface area contributed by atoms with Crippen LogP contribution in [0.3, 0.4) is 0 Å². The Morgan fingerprint density at radius 3 is 2.52 bits per heavy atom. The lowest BCUT2D eigenvalue weighted by Gasteiger charge is -2.40. The molecule has 2 rings (SSSR count). The molecule has 1 aliphatic heterocycles. The van der Waals surface area contributed by atoms with Gasteiger partial charge in [-0.3, -0.25) is 14.5 Å². The lowest BCUT2D eigenvalue weighted by atomic mass is 9.88. The Kier molecular flexibility index (Phi) is 7.34. The van der Waals surface area contributed by atoms with E-state index in [1.54, 1.807) is 6.92 Å². The summed E-state index contributed by atoms with van der Waals surface area (Å²) in [5, 5.41) is 0. The van der Waals surface area contributed by atoms with Crippen LogP contribution in [-0.4, -0.2) is 60.5 Å². The number of ether oxygens (including phenoxy) is 1. The van der Waals surface area contributed by atoms with Gasteiger partial charge in [0.15, 0.2) is 0 Å². The molecule has 1 heterocycles. The predicted octanol–water partition coefficient (Wildman–Crippen LogP) is 2.44. The molecule has 0 aromatic rings. The zero-order valence-corrected chi connectivity index (χ0v) is 14.8. The third-order valence-electron chi connectivity index (χ3n) is 5.21. The molecule has 1 saturated carbocycles. The smallest absolute Gasteiger partial charge is 0.320 e. The fourth-order valence-electron chi connectivity index (χ4n) is 3.96. The van der Waals surface area contributed by atoms with Crippen LogP contribution in [0.4, 0.5) is 0 Å². The van der Waals surface area contributed by atoms with Crippen LogP contribution in [0.15, 0.2) is 0 Å². The number of hydrogen-bond donors (Lipinski definition) is 0. The Balaban J connectivity index is 1.98. The Hall–Kier alpha value is -1.10. The Bertz CT molecular complexity index is 394. The standard InChI is InChI=1S/C18H32N2O3/c1-3-23-18(22)14-20(12-16-8-5-4-6-9-16)17-10-7-11-19(13-17)15(2)21/h16-17H,3-14H2,1-2H3/t17-/m0/s1. The molecule has 0 N–H and O–H groups in total. The first-order chi connectivity index (χ1) is 11.1. The number of rotatable bonds is 6. The Morgan fingerprint density at radius 2 is 1.87 bits per heavy atom. The van der Waals surface area contributed by atoms with Crippen molar-refractivity contribution in [3.63, 3.8) is 0 Å². The summed E-state index contributed by atoms with van der Waals surface area (Å²) in [6, 6.07) is 0.291. The average molecular weight is 324 g/mol. The molecule has 0 bridgehead atoms. The molecular weight excluding hydrogens is 292 g/mol. The summed E-state index contributed by atoms with van der Waals surface area (Å²) in [6.45, 7) is 6.85. The molecule has 1 atom stereocenters. The Labute approximate surface area is 140 Å². The largest absolute Gasteiger partial charge is 0.465 e. The van der Waals surface area contributed by atoms with Crippen LogP contribution in [-0.2, 0) is 14.3 Å². The summed E-state index contributed by atoms with van der Waals surface area (Å²) in [6.07, 6.45) is 8.58.